The summed E-state index contributed by atoms with van der Waals surface area (Å²) in [5.74, 6) is -0.942. The van der Waals surface area contributed by atoms with Crippen LogP contribution in [0.1, 0.15) is 5.56 Å². The first kappa shape index (κ1) is 12.0. The van der Waals surface area contributed by atoms with Crippen LogP contribution in [-0.2, 0) is 5.33 Å². The van der Waals surface area contributed by atoms with Gasteiger partial charge in [-0.3, -0.25) is 0 Å². The lowest BCUT2D eigenvalue weighted by molar-refractivity contribution is 0.461. The zero-order chi connectivity index (χ0) is 12.3. The minimum atomic E-state index is -0.917. The van der Waals surface area contributed by atoms with Crippen LogP contribution in [-0.4, -0.2) is 0 Å². The topological polar surface area (TPSA) is 9.23 Å². The van der Waals surface area contributed by atoms with Crippen molar-refractivity contribution in [2.75, 3.05) is 0 Å². The summed E-state index contributed by atoms with van der Waals surface area (Å²) in [5, 5.41) is 0.762. The smallest absolute Gasteiger partial charge is 0.162 e. The molecule has 88 valence electrons. The molecule has 0 aliphatic carbocycles. The van der Waals surface area contributed by atoms with Crippen molar-refractivity contribution in [1.29, 1.82) is 0 Å². The maximum absolute atomic E-state index is 12.9. The van der Waals surface area contributed by atoms with Crippen LogP contribution in [0.4, 0.5) is 8.78 Å². The van der Waals surface area contributed by atoms with E-state index in [4.69, 9.17) is 4.74 Å². The van der Waals surface area contributed by atoms with Gasteiger partial charge in [0.25, 0.3) is 0 Å². The van der Waals surface area contributed by atoms with E-state index in [9.17, 15) is 8.78 Å². The number of hydrogen-bond donors (Lipinski definition) is 0. The Morgan fingerprint density at radius 3 is 2.12 bits per heavy atom. The molecular formula is C13H9BrF2O. The molecule has 0 saturated carbocycles. The van der Waals surface area contributed by atoms with E-state index >= 15 is 0 Å². The first-order valence-electron chi connectivity index (χ1n) is 4.97. The molecule has 0 N–H and O–H groups in total. The minimum Gasteiger partial charge on any atom is -0.457 e. The van der Waals surface area contributed by atoms with Gasteiger partial charge >= 0.3 is 0 Å². The van der Waals surface area contributed by atoms with E-state index in [1.54, 1.807) is 12.1 Å². The van der Waals surface area contributed by atoms with E-state index in [0.29, 0.717) is 5.75 Å². The summed E-state index contributed by atoms with van der Waals surface area (Å²) in [7, 11) is 0. The molecule has 4 heteroatoms. The summed E-state index contributed by atoms with van der Waals surface area (Å²) in [4.78, 5) is 0. The molecular weight excluding hydrogens is 290 g/mol. The van der Waals surface area contributed by atoms with Gasteiger partial charge in [0, 0.05) is 11.4 Å². The van der Waals surface area contributed by atoms with Crippen molar-refractivity contribution in [1.82, 2.24) is 0 Å². The number of halogens is 3. The normalized spacial score (nSPS) is 10.3. The number of rotatable bonds is 3. The van der Waals surface area contributed by atoms with Crippen molar-refractivity contribution >= 4 is 15.9 Å². The third-order valence-electron chi connectivity index (χ3n) is 2.20. The van der Waals surface area contributed by atoms with Crippen LogP contribution in [0.2, 0.25) is 0 Å². The zero-order valence-electron chi connectivity index (χ0n) is 8.79. The molecule has 2 rings (SSSR count). The van der Waals surface area contributed by atoms with E-state index in [0.717, 1.165) is 23.0 Å². The van der Waals surface area contributed by atoms with Crippen LogP contribution in [0.15, 0.2) is 42.5 Å². The van der Waals surface area contributed by atoms with Crippen molar-refractivity contribution in [2.45, 2.75) is 5.33 Å². The number of alkyl halides is 1. The predicted molar refractivity (Wildman–Crippen MR) is 65.5 cm³/mol. The van der Waals surface area contributed by atoms with Crippen LogP contribution in [0, 0.1) is 11.6 Å². The van der Waals surface area contributed by atoms with Gasteiger partial charge < -0.3 is 4.74 Å². The van der Waals surface area contributed by atoms with Gasteiger partial charge in [-0.25, -0.2) is 8.78 Å². The highest BCUT2D eigenvalue weighted by Crippen LogP contribution is 2.23. The van der Waals surface area contributed by atoms with E-state index in [1.807, 2.05) is 12.1 Å². The van der Waals surface area contributed by atoms with Crippen molar-refractivity contribution in [3.8, 4) is 11.5 Å². The molecule has 0 amide bonds. The average Bonchev–Trinajstić information content (AvgIpc) is 2.35. The van der Waals surface area contributed by atoms with Crippen LogP contribution in [0.25, 0.3) is 0 Å². The van der Waals surface area contributed by atoms with Crippen LogP contribution >= 0.6 is 15.9 Å². The van der Waals surface area contributed by atoms with Gasteiger partial charge in [0.05, 0.1) is 0 Å². The molecule has 0 bridgehead atoms. The average molecular weight is 299 g/mol. The Balaban J connectivity index is 2.16. The van der Waals surface area contributed by atoms with Crippen LogP contribution in [0.5, 0.6) is 11.5 Å². The van der Waals surface area contributed by atoms with E-state index in [1.165, 1.54) is 6.07 Å². The molecule has 2 aromatic rings. The molecule has 0 spiro atoms. The summed E-state index contributed by atoms with van der Waals surface area (Å²) in [6.07, 6.45) is 0. The minimum absolute atomic E-state index is 0.274. The lowest BCUT2D eigenvalue weighted by Gasteiger charge is -2.06. The Labute approximate surface area is 106 Å². The molecule has 0 fully saturated rings. The van der Waals surface area contributed by atoms with Gasteiger partial charge in [-0.05, 0) is 29.8 Å². The fourth-order valence-electron chi connectivity index (χ4n) is 1.32. The summed E-state index contributed by atoms with van der Waals surface area (Å²) >= 11 is 3.33. The predicted octanol–water partition coefficient (Wildman–Crippen LogP) is 4.65. The van der Waals surface area contributed by atoms with Crippen LogP contribution < -0.4 is 4.74 Å². The van der Waals surface area contributed by atoms with E-state index < -0.39 is 11.6 Å². The molecule has 2 aromatic carbocycles. The Bertz CT molecular complexity index is 511. The standard InChI is InChI=1S/C13H9BrF2O/c14-8-9-1-3-10(4-2-9)17-11-5-6-12(15)13(16)7-11/h1-7H,8H2. The highest BCUT2D eigenvalue weighted by atomic mass is 79.9. The highest BCUT2D eigenvalue weighted by Gasteiger charge is 2.04. The van der Waals surface area contributed by atoms with E-state index in [-0.39, 0.29) is 5.75 Å². The molecule has 0 aromatic heterocycles. The molecule has 0 atom stereocenters. The molecule has 0 aliphatic heterocycles. The second kappa shape index (κ2) is 5.27. The monoisotopic (exact) mass is 298 g/mol. The molecule has 0 heterocycles. The Hall–Kier alpha value is -1.42. The Morgan fingerprint density at radius 1 is 0.882 bits per heavy atom. The van der Waals surface area contributed by atoms with E-state index in [2.05, 4.69) is 15.9 Å². The Morgan fingerprint density at radius 2 is 1.53 bits per heavy atom. The fourth-order valence-corrected chi connectivity index (χ4v) is 1.70. The highest BCUT2D eigenvalue weighted by molar-refractivity contribution is 9.08. The van der Waals surface area contributed by atoms with Crippen molar-refractivity contribution in [3.05, 3.63) is 59.7 Å². The summed E-state index contributed by atoms with van der Waals surface area (Å²) in [6, 6.07) is 10.8. The molecule has 1 nitrogen and oxygen atoms in total. The van der Waals surface area contributed by atoms with Crippen molar-refractivity contribution < 1.29 is 13.5 Å². The fraction of sp³-hybridized carbons (Fsp3) is 0.0769. The molecule has 17 heavy (non-hydrogen) atoms. The lowest BCUT2D eigenvalue weighted by atomic mass is 10.2. The molecule has 0 aliphatic rings. The molecule has 0 saturated heterocycles. The number of ether oxygens (including phenoxy) is 1. The van der Waals surface area contributed by atoms with Crippen molar-refractivity contribution in [3.63, 3.8) is 0 Å². The third kappa shape index (κ3) is 3.03. The maximum Gasteiger partial charge on any atom is 0.162 e. The maximum atomic E-state index is 12.9. The summed E-state index contributed by atoms with van der Waals surface area (Å²) in [5.41, 5.74) is 1.11. The molecule has 0 unspecified atom stereocenters. The zero-order valence-corrected chi connectivity index (χ0v) is 10.4. The largest absolute Gasteiger partial charge is 0.457 e. The second-order valence-electron chi connectivity index (χ2n) is 3.46. The van der Waals surface area contributed by atoms with Gasteiger partial charge in [0.1, 0.15) is 11.5 Å². The molecule has 0 radical (unpaired) electrons. The van der Waals surface area contributed by atoms with Crippen molar-refractivity contribution in [2.24, 2.45) is 0 Å². The van der Waals surface area contributed by atoms with Gasteiger partial charge in [-0.2, -0.15) is 0 Å². The third-order valence-corrected chi connectivity index (χ3v) is 2.85. The first-order valence-corrected chi connectivity index (χ1v) is 6.09. The first-order chi connectivity index (χ1) is 8.19. The summed E-state index contributed by atoms with van der Waals surface area (Å²) < 4.78 is 31.0. The number of benzene rings is 2. The quantitative estimate of drug-likeness (QED) is 0.749. The Kier molecular flexibility index (Phi) is 3.74. The lowest BCUT2D eigenvalue weighted by Crippen LogP contribution is -1.88. The second-order valence-corrected chi connectivity index (χ2v) is 4.02. The van der Waals surface area contributed by atoms with Gasteiger partial charge in [0.2, 0.25) is 0 Å². The summed E-state index contributed by atoms with van der Waals surface area (Å²) in [6.45, 7) is 0. The van der Waals surface area contributed by atoms with Gasteiger partial charge in [0.15, 0.2) is 11.6 Å². The van der Waals surface area contributed by atoms with Gasteiger partial charge in [-0.1, -0.05) is 28.1 Å². The van der Waals surface area contributed by atoms with Gasteiger partial charge in [-0.15, -0.1) is 0 Å². The SMILES string of the molecule is Fc1ccc(Oc2ccc(CBr)cc2)cc1F. The van der Waals surface area contributed by atoms with Crippen LogP contribution in [0.3, 0.4) is 0 Å². The number of hydrogen-bond acceptors (Lipinski definition) is 1.